The molecule has 5 rings (SSSR count). The number of phenols is 1. The molecule has 3 aromatic rings. The molecule has 3 heterocycles. The maximum atomic E-state index is 10.6. The molecule has 2 aliphatic rings. The van der Waals surface area contributed by atoms with Crippen molar-refractivity contribution < 1.29 is 9.94 Å². The molecule has 0 radical (unpaired) electrons. The summed E-state index contributed by atoms with van der Waals surface area (Å²) in [5.41, 5.74) is 5.00. The van der Waals surface area contributed by atoms with Crippen LogP contribution >= 0.6 is 0 Å². The number of hydrogen-bond donors (Lipinski definition) is 1. The second kappa shape index (κ2) is 8.30. The number of rotatable bonds is 3. The number of aryl methyl sites for hydroxylation is 1. The van der Waals surface area contributed by atoms with Gasteiger partial charge in [0.2, 0.25) is 0 Å². The normalized spacial score (nSPS) is 20.0. The van der Waals surface area contributed by atoms with Crippen LogP contribution < -0.4 is 0 Å². The van der Waals surface area contributed by atoms with Crippen molar-refractivity contribution in [1.29, 1.82) is 0 Å². The quantitative estimate of drug-likeness (QED) is 0.686. The lowest BCUT2D eigenvalue weighted by Gasteiger charge is -2.31. The van der Waals surface area contributed by atoms with Crippen LogP contribution in [0.5, 0.6) is 5.75 Å². The van der Waals surface area contributed by atoms with E-state index in [1.807, 2.05) is 35.9 Å². The minimum Gasteiger partial charge on any atom is -0.506 e. The van der Waals surface area contributed by atoms with E-state index in [4.69, 9.17) is 4.84 Å². The number of aromatic hydroxyl groups is 1. The Kier molecular flexibility index (Phi) is 5.20. The molecule has 1 unspecified atom stereocenters. The molecule has 6 heteroatoms. The number of fused-ring (bicyclic) bond motifs is 1. The number of phenolic OH excluding ortho intramolecular Hbond substituents is 1. The van der Waals surface area contributed by atoms with E-state index in [1.165, 1.54) is 5.56 Å². The van der Waals surface area contributed by atoms with Crippen LogP contribution in [0.1, 0.15) is 35.6 Å². The van der Waals surface area contributed by atoms with Gasteiger partial charge in [0.1, 0.15) is 12.4 Å². The van der Waals surface area contributed by atoms with Crippen LogP contribution in [0.2, 0.25) is 0 Å². The van der Waals surface area contributed by atoms with Crippen molar-refractivity contribution in [1.82, 2.24) is 14.5 Å². The Morgan fingerprint density at radius 1 is 1.16 bits per heavy atom. The predicted octanol–water partition coefficient (Wildman–Crippen LogP) is 4.49. The van der Waals surface area contributed by atoms with Crippen molar-refractivity contribution in [3.63, 3.8) is 0 Å². The molecule has 0 saturated carbocycles. The van der Waals surface area contributed by atoms with E-state index < -0.39 is 0 Å². The van der Waals surface area contributed by atoms with Crippen LogP contribution in [0.3, 0.4) is 0 Å². The lowest BCUT2D eigenvalue weighted by atomic mass is 9.96. The van der Waals surface area contributed by atoms with Crippen molar-refractivity contribution in [3.8, 4) is 11.4 Å². The SMILES string of the molecule is Cc1cn(-c2ccc(/C=C3\CCCN4CC(c5ccccc5)CON=C34)cc2O)cn1. The first-order valence-electron chi connectivity index (χ1n) is 10.7. The summed E-state index contributed by atoms with van der Waals surface area (Å²) in [6.07, 6.45) is 7.73. The monoisotopic (exact) mass is 414 g/mol. The third-order valence-corrected chi connectivity index (χ3v) is 5.93. The lowest BCUT2D eigenvalue weighted by Crippen LogP contribution is -2.39. The number of hydrogen-bond acceptors (Lipinski definition) is 5. The summed E-state index contributed by atoms with van der Waals surface area (Å²) in [6.45, 7) is 4.38. The zero-order valence-electron chi connectivity index (χ0n) is 17.6. The fraction of sp³-hybridized carbons (Fsp3) is 0.280. The van der Waals surface area contributed by atoms with Gasteiger partial charge < -0.3 is 19.4 Å². The first-order chi connectivity index (χ1) is 15.2. The Morgan fingerprint density at radius 2 is 2.03 bits per heavy atom. The molecular formula is C25H26N4O2. The van der Waals surface area contributed by atoms with Crippen LogP contribution in [0.4, 0.5) is 0 Å². The van der Waals surface area contributed by atoms with E-state index in [2.05, 4.69) is 45.4 Å². The first-order valence-corrected chi connectivity index (χ1v) is 10.7. The van der Waals surface area contributed by atoms with E-state index in [9.17, 15) is 5.11 Å². The minimum absolute atomic E-state index is 0.225. The molecule has 1 saturated heterocycles. The molecule has 0 bridgehead atoms. The highest BCUT2D eigenvalue weighted by Gasteiger charge is 2.28. The first kappa shape index (κ1) is 19.4. The number of oxime groups is 1. The van der Waals surface area contributed by atoms with Crippen molar-refractivity contribution in [2.24, 2.45) is 5.16 Å². The number of aromatic nitrogens is 2. The van der Waals surface area contributed by atoms with Gasteiger partial charge >= 0.3 is 0 Å². The number of imidazole rings is 1. The number of benzene rings is 2. The van der Waals surface area contributed by atoms with E-state index in [-0.39, 0.29) is 5.75 Å². The van der Waals surface area contributed by atoms with Crippen LogP contribution in [0.25, 0.3) is 11.8 Å². The highest BCUT2D eigenvalue weighted by Crippen LogP contribution is 2.29. The van der Waals surface area contributed by atoms with Gasteiger partial charge in [0.15, 0.2) is 5.84 Å². The van der Waals surface area contributed by atoms with E-state index in [0.29, 0.717) is 18.2 Å². The summed E-state index contributed by atoms with van der Waals surface area (Å²) in [4.78, 5) is 12.3. The van der Waals surface area contributed by atoms with Gasteiger partial charge in [-0.25, -0.2) is 4.98 Å². The van der Waals surface area contributed by atoms with Gasteiger partial charge in [-0.2, -0.15) is 0 Å². The number of nitrogens with zero attached hydrogens (tertiary/aromatic N) is 4. The Balaban J connectivity index is 1.39. The second-order valence-electron chi connectivity index (χ2n) is 8.21. The Labute approximate surface area is 182 Å². The van der Waals surface area contributed by atoms with Crippen LogP contribution in [-0.4, -0.2) is 45.1 Å². The molecule has 2 aliphatic heterocycles. The maximum Gasteiger partial charge on any atom is 0.171 e. The van der Waals surface area contributed by atoms with Gasteiger partial charge in [0.25, 0.3) is 0 Å². The molecule has 158 valence electrons. The number of amidine groups is 1. The van der Waals surface area contributed by atoms with Gasteiger partial charge in [-0.05, 0) is 54.7 Å². The average Bonchev–Trinajstić information content (AvgIpc) is 3.08. The van der Waals surface area contributed by atoms with E-state index in [1.54, 1.807) is 12.4 Å². The van der Waals surface area contributed by atoms with Gasteiger partial charge in [-0.15, -0.1) is 0 Å². The molecule has 2 aromatic carbocycles. The standard InChI is InChI=1S/C25H26N4O2/c1-18-14-29(17-26-18)23-10-9-19(13-24(23)30)12-21-8-5-11-28-15-22(16-31-27-25(21)28)20-6-3-2-4-7-20/h2-4,6-7,9-10,12-14,17,22,30H,5,8,11,15-16H2,1H3/b21-12+. The third kappa shape index (κ3) is 4.06. The summed E-state index contributed by atoms with van der Waals surface area (Å²) >= 11 is 0. The van der Waals surface area contributed by atoms with Gasteiger partial charge in [-0.1, -0.05) is 41.6 Å². The molecule has 1 fully saturated rings. The van der Waals surface area contributed by atoms with Gasteiger partial charge in [-0.3, -0.25) is 0 Å². The average molecular weight is 415 g/mol. The zero-order valence-corrected chi connectivity index (χ0v) is 17.6. The Bertz CT molecular complexity index is 1130. The summed E-state index contributed by atoms with van der Waals surface area (Å²) in [5, 5.41) is 15.1. The molecule has 1 aromatic heterocycles. The summed E-state index contributed by atoms with van der Waals surface area (Å²) in [5.74, 6) is 1.44. The molecule has 1 N–H and O–H groups in total. The molecule has 0 spiro atoms. The number of piperidine rings is 1. The fourth-order valence-corrected chi connectivity index (χ4v) is 4.35. The van der Waals surface area contributed by atoms with E-state index in [0.717, 1.165) is 48.6 Å². The molecule has 31 heavy (non-hydrogen) atoms. The Hall–Kier alpha value is -3.54. The molecule has 0 aliphatic carbocycles. The minimum atomic E-state index is 0.225. The highest BCUT2D eigenvalue weighted by atomic mass is 16.6. The molecule has 1 atom stereocenters. The molecule has 0 amide bonds. The second-order valence-corrected chi connectivity index (χ2v) is 8.21. The summed E-state index contributed by atoms with van der Waals surface area (Å²) in [6, 6.07) is 16.2. The molecule has 6 nitrogen and oxygen atoms in total. The lowest BCUT2D eigenvalue weighted by molar-refractivity contribution is 0.135. The van der Waals surface area contributed by atoms with Crippen LogP contribution in [0, 0.1) is 6.92 Å². The van der Waals surface area contributed by atoms with Crippen molar-refractivity contribution in [2.75, 3.05) is 19.7 Å². The van der Waals surface area contributed by atoms with Gasteiger partial charge in [0.05, 0.1) is 17.7 Å². The summed E-state index contributed by atoms with van der Waals surface area (Å²) in [7, 11) is 0. The van der Waals surface area contributed by atoms with Crippen LogP contribution in [-0.2, 0) is 4.84 Å². The molecular weight excluding hydrogens is 388 g/mol. The van der Waals surface area contributed by atoms with Crippen LogP contribution in [0.15, 0.2) is 71.8 Å². The predicted molar refractivity (Wildman–Crippen MR) is 121 cm³/mol. The fourth-order valence-electron chi connectivity index (χ4n) is 4.35. The summed E-state index contributed by atoms with van der Waals surface area (Å²) < 4.78 is 1.83. The van der Waals surface area contributed by atoms with Crippen molar-refractivity contribution >= 4 is 11.9 Å². The largest absolute Gasteiger partial charge is 0.506 e. The topological polar surface area (TPSA) is 62.9 Å². The maximum absolute atomic E-state index is 10.6. The third-order valence-electron chi connectivity index (χ3n) is 5.93. The smallest absolute Gasteiger partial charge is 0.171 e. The highest BCUT2D eigenvalue weighted by molar-refractivity contribution is 6.02. The zero-order chi connectivity index (χ0) is 21.2. The van der Waals surface area contributed by atoms with Crippen molar-refractivity contribution in [3.05, 3.63) is 83.4 Å². The van der Waals surface area contributed by atoms with Crippen molar-refractivity contribution in [2.45, 2.75) is 25.7 Å². The van der Waals surface area contributed by atoms with E-state index >= 15 is 0 Å². The Morgan fingerprint density at radius 3 is 2.81 bits per heavy atom. The van der Waals surface area contributed by atoms with Gasteiger partial charge in [0, 0.05) is 25.2 Å².